The van der Waals surface area contributed by atoms with Crippen LogP contribution in [0.2, 0.25) is 0 Å². The molecule has 2 rings (SSSR count). The van der Waals surface area contributed by atoms with Gasteiger partial charge in [-0.1, -0.05) is 57.2 Å². The minimum Gasteiger partial charge on any atom is -0.491 e. The van der Waals surface area contributed by atoms with Crippen LogP contribution in [0.1, 0.15) is 47.5 Å². The first-order chi connectivity index (χ1) is 14.2. The van der Waals surface area contributed by atoms with Crippen LogP contribution in [-0.2, 0) is 9.47 Å². The highest BCUT2D eigenvalue weighted by molar-refractivity contribution is 5.21. The van der Waals surface area contributed by atoms with Crippen LogP contribution in [-0.4, -0.2) is 38.1 Å². The van der Waals surface area contributed by atoms with E-state index in [1.54, 1.807) is 7.11 Å². The normalized spacial score (nSPS) is 14.2. The second kappa shape index (κ2) is 11.4. The number of rotatable bonds is 12. The zero-order valence-electron chi connectivity index (χ0n) is 19.4. The number of para-hydroxylation sites is 2. The van der Waals surface area contributed by atoms with Crippen molar-refractivity contribution in [3.63, 3.8) is 0 Å². The van der Waals surface area contributed by atoms with Crippen LogP contribution in [0, 0.1) is 5.41 Å². The van der Waals surface area contributed by atoms with E-state index >= 15 is 0 Å². The molecular formula is C26H38O4. The van der Waals surface area contributed by atoms with Crippen molar-refractivity contribution >= 4 is 0 Å². The van der Waals surface area contributed by atoms with Crippen molar-refractivity contribution < 1.29 is 18.9 Å². The minimum atomic E-state index is -0.378. The Labute approximate surface area is 182 Å². The maximum atomic E-state index is 6.56. The largest absolute Gasteiger partial charge is 0.491 e. The Kier molecular flexibility index (Phi) is 9.19. The highest BCUT2D eigenvalue weighted by Gasteiger charge is 2.30. The molecule has 0 saturated heterocycles. The van der Waals surface area contributed by atoms with Gasteiger partial charge in [0, 0.05) is 13.5 Å². The van der Waals surface area contributed by atoms with Crippen LogP contribution in [0.15, 0.2) is 60.7 Å². The van der Waals surface area contributed by atoms with Gasteiger partial charge in [-0.25, -0.2) is 0 Å². The molecule has 2 atom stereocenters. The highest BCUT2D eigenvalue weighted by atomic mass is 16.6. The summed E-state index contributed by atoms with van der Waals surface area (Å²) in [4.78, 5) is 0. The Morgan fingerprint density at radius 3 is 1.57 bits per heavy atom. The average molecular weight is 415 g/mol. The minimum absolute atomic E-state index is 0.0206. The quantitative estimate of drug-likeness (QED) is 0.417. The Bertz CT molecular complexity index is 707. The van der Waals surface area contributed by atoms with E-state index < -0.39 is 0 Å². The van der Waals surface area contributed by atoms with Crippen molar-refractivity contribution in [2.75, 3.05) is 20.3 Å². The van der Waals surface area contributed by atoms with E-state index in [9.17, 15) is 0 Å². The van der Waals surface area contributed by atoms with Gasteiger partial charge in [-0.15, -0.1) is 0 Å². The molecule has 0 spiro atoms. The van der Waals surface area contributed by atoms with Gasteiger partial charge in [-0.05, 0) is 49.9 Å². The molecule has 0 aliphatic carbocycles. The third-order valence-electron chi connectivity index (χ3n) is 4.74. The van der Waals surface area contributed by atoms with Crippen LogP contribution in [0.3, 0.4) is 0 Å². The number of hydrogen-bond acceptors (Lipinski definition) is 4. The first-order valence-corrected chi connectivity index (χ1v) is 10.7. The van der Waals surface area contributed by atoms with Crippen molar-refractivity contribution in [2.24, 2.45) is 5.41 Å². The number of hydrogen-bond donors (Lipinski definition) is 0. The molecule has 30 heavy (non-hydrogen) atoms. The van der Waals surface area contributed by atoms with Gasteiger partial charge in [0.15, 0.2) is 0 Å². The van der Waals surface area contributed by atoms with Crippen molar-refractivity contribution in [3.8, 4) is 11.5 Å². The lowest BCUT2D eigenvalue weighted by atomic mass is 9.89. The number of benzene rings is 2. The van der Waals surface area contributed by atoms with Crippen LogP contribution < -0.4 is 9.47 Å². The van der Waals surface area contributed by atoms with Gasteiger partial charge in [-0.2, -0.15) is 0 Å². The summed E-state index contributed by atoms with van der Waals surface area (Å²) < 4.78 is 24.1. The van der Waals surface area contributed by atoms with Crippen molar-refractivity contribution in [1.29, 1.82) is 0 Å². The molecule has 0 bridgehead atoms. The van der Waals surface area contributed by atoms with Gasteiger partial charge in [0.05, 0.1) is 17.8 Å². The van der Waals surface area contributed by atoms with E-state index in [4.69, 9.17) is 18.9 Å². The van der Waals surface area contributed by atoms with Crippen LogP contribution >= 0.6 is 0 Å². The molecule has 0 radical (unpaired) electrons. The standard InChI is InChI=1S/C26H38O4/c1-25(2,3)17-24(20-29-22-15-11-8-12-16-22)30-26(4,5)18-23(27-6)19-28-21-13-9-7-10-14-21/h7-16,23-24H,17-20H2,1-6H3. The lowest BCUT2D eigenvalue weighted by Crippen LogP contribution is -2.40. The maximum Gasteiger partial charge on any atom is 0.119 e. The molecule has 2 aromatic rings. The first-order valence-electron chi connectivity index (χ1n) is 10.7. The van der Waals surface area contributed by atoms with E-state index in [-0.39, 0.29) is 23.2 Å². The van der Waals surface area contributed by atoms with E-state index in [0.717, 1.165) is 24.3 Å². The van der Waals surface area contributed by atoms with Crippen molar-refractivity contribution in [2.45, 2.75) is 65.3 Å². The summed E-state index contributed by atoms with van der Waals surface area (Å²) in [5.74, 6) is 1.71. The molecule has 0 N–H and O–H groups in total. The average Bonchev–Trinajstić information content (AvgIpc) is 2.69. The van der Waals surface area contributed by atoms with Gasteiger partial charge >= 0.3 is 0 Å². The zero-order chi connectivity index (χ0) is 22.0. The van der Waals surface area contributed by atoms with E-state index in [1.807, 2.05) is 60.7 Å². The molecule has 0 aliphatic rings. The molecule has 2 unspecified atom stereocenters. The molecule has 0 aromatic heterocycles. The van der Waals surface area contributed by atoms with Gasteiger partial charge in [0.2, 0.25) is 0 Å². The van der Waals surface area contributed by atoms with Crippen LogP contribution in [0.25, 0.3) is 0 Å². The molecule has 4 nitrogen and oxygen atoms in total. The van der Waals surface area contributed by atoms with Crippen LogP contribution in [0.5, 0.6) is 11.5 Å². The summed E-state index contributed by atoms with van der Waals surface area (Å²) >= 11 is 0. The molecule has 0 amide bonds. The Hall–Kier alpha value is -2.04. The lowest BCUT2D eigenvalue weighted by molar-refractivity contribution is -0.122. The molecule has 166 valence electrons. The topological polar surface area (TPSA) is 36.9 Å². The molecule has 0 heterocycles. The fourth-order valence-corrected chi connectivity index (χ4v) is 3.49. The summed E-state index contributed by atoms with van der Waals surface area (Å²) in [6.07, 6.45) is 1.54. The predicted molar refractivity (Wildman–Crippen MR) is 122 cm³/mol. The summed E-state index contributed by atoms with van der Waals surface area (Å²) in [5.41, 5.74) is -0.242. The third-order valence-corrected chi connectivity index (χ3v) is 4.74. The summed E-state index contributed by atoms with van der Waals surface area (Å²) in [5, 5.41) is 0. The highest BCUT2D eigenvalue weighted by Crippen LogP contribution is 2.28. The molecule has 4 heteroatoms. The Balaban J connectivity index is 1.94. The SMILES string of the molecule is COC(COc1ccccc1)CC(C)(C)OC(COc1ccccc1)CC(C)(C)C. The number of methoxy groups -OCH3 is 1. The summed E-state index contributed by atoms with van der Waals surface area (Å²) in [7, 11) is 1.72. The van der Waals surface area contributed by atoms with Crippen molar-refractivity contribution in [3.05, 3.63) is 60.7 Å². The fourth-order valence-electron chi connectivity index (χ4n) is 3.49. The van der Waals surface area contributed by atoms with Gasteiger partial charge in [0.1, 0.15) is 24.7 Å². The molecule has 2 aromatic carbocycles. The maximum absolute atomic E-state index is 6.56. The van der Waals surface area contributed by atoms with Crippen molar-refractivity contribution in [1.82, 2.24) is 0 Å². The van der Waals surface area contributed by atoms with Gasteiger partial charge in [-0.3, -0.25) is 0 Å². The molecular weight excluding hydrogens is 376 g/mol. The van der Waals surface area contributed by atoms with Crippen LogP contribution in [0.4, 0.5) is 0 Å². The van der Waals surface area contributed by atoms with Gasteiger partial charge in [0.25, 0.3) is 0 Å². The Morgan fingerprint density at radius 2 is 1.13 bits per heavy atom. The first kappa shape index (κ1) is 24.2. The molecule has 0 aliphatic heterocycles. The molecule has 0 saturated carbocycles. The monoisotopic (exact) mass is 414 g/mol. The lowest BCUT2D eigenvalue weighted by Gasteiger charge is -2.35. The van der Waals surface area contributed by atoms with E-state index in [0.29, 0.717) is 13.2 Å². The smallest absolute Gasteiger partial charge is 0.119 e. The Morgan fingerprint density at radius 1 is 0.667 bits per heavy atom. The fraction of sp³-hybridized carbons (Fsp3) is 0.538. The second-order valence-corrected chi connectivity index (χ2v) is 9.57. The van der Waals surface area contributed by atoms with Gasteiger partial charge < -0.3 is 18.9 Å². The third kappa shape index (κ3) is 9.64. The molecule has 0 fully saturated rings. The number of ether oxygens (including phenoxy) is 4. The summed E-state index contributed by atoms with van der Waals surface area (Å²) in [6.45, 7) is 11.9. The zero-order valence-corrected chi connectivity index (χ0v) is 19.4. The summed E-state index contributed by atoms with van der Waals surface area (Å²) in [6, 6.07) is 19.7. The second-order valence-electron chi connectivity index (χ2n) is 9.57. The predicted octanol–water partition coefficient (Wildman–Crippen LogP) is 6.15. The van der Waals surface area contributed by atoms with E-state index in [2.05, 4.69) is 34.6 Å². The van der Waals surface area contributed by atoms with E-state index in [1.165, 1.54) is 0 Å².